The summed E-state index contributed by atoms with van der Waals surface area (Å²) in [5, 5.41) is 0.989. The summed E-state index contributed by atoms with van der Waals surface area (Å²) < 4.78 is 1.70. The molecule has 1 aliphatic rings. The molecule has 0 aliphatic carbocycles. The molecular formula is C25H31N3O2S2. The van der Waals surface area contributed by atoms with E-state index in [-0.39, 0.29) is 16.7 Å². The third kappa shape index (κ3) is 4.37. The minimum Gasteiger partial charge on any atom is -0.342 e. The van der Waals surface area contributed by atoms with Gasteiger partial charge >= 0.3 is 0 Å². The molecule has 3 aromatic rings. The van der Waals surface area contributed by atoms with Crippen molar-refractivity contribution in [1.29, 1.82) is 0 Å². The number of nitrogens with zero attached hydrogens (tertiary/aromatic N) is 3. The average molecular weight is 470 g/mol. The number of benzene rings is 1. The van der Waals surface area contributed by atoms with Crippen molar-refractivity contribution in [2.24, 2.45) is 5.92 Å². The number of fused-ring (bicyclic) bond motifs is 1. The molecule has 4 rings (SSSR count). The summed E-state index contributed by atoms with van der Waals surface area (Å²) in [5.74, 6) is 0.802. The summed E-state index contributed by atoms with van der Waals surface area (Å²) in [6.07, 6.45) is 2.90. The van der Waals surface area contributed by atoms with E-state index in [1.54, 1.807) is 15.9 Å². The van der Waals surface area contributed by atoms with E-state index in [0.717, 1.165) is 58.9 Å². The molecule has 1 atom stereocenters. The second-order valence-corrected chi connectivity index (χ2v) is 11.3. The molecule has 7 heteroatoms. The number of likely N-dealkylation sites (tertiary alicyclic amines) is 1. The Morgan fingerprint density at radius 1 is 1.28 bits per heavy atom. The van der Waals surface area contributed by atoms with Gasteiger partial charge in [0.05, 0.1) is 16.3 Å². The molecule has 2 aromatic heterocycles. The maximum Gasteiger partial charge on any atom is 0.267 e. The van der Waals surface area contributed by atoms with Crippen molar-refractivity contribution >= 4 is 39.2 Å². The van der Waals surface area contributed by atoms with Crippen LogP contribution in [0.15, 0.2) is 34.2 Å². The van der Waals surface area contributed by atoms with Crippen molar-refractivity contribution in [2.45, 2.75) is 64.3 Å². The molecule has 1 amide bonds. The van der Waals surface area contributed by atoms with E-state index in [9.17, 15) is 9.59 Å². The van der Waals surface area contributed by atoms with Gasteiger partial charge < -0.3 is 4.90 Å². The van der Waals surface area contributed by atoms with Crippen LogP contribution in [0.2, 0.25) is 0 Å². The number of carbonyl (C=O) groups excluding carboxylic acids is 1. The third-order valence-corrected chi connectivity index (χ3v) is 8.42. The van der Waals surface area contributed by atoms with Gasteiger partial charge in [-0.15, -0.1) is 11.3 Å². The first-order valence-electron chi connectivity index (χ1n) is 11.4. The molecule has 5 nitrogen and oxygen atoms in total. The fourth-order valence-electron chi connectivity index (χ4n) is 4.39. The average Bonchev–Trinajstić information content (AvgIpc) is 3.09. The molecule has 170 valence electrons. The van der Waals surface area contributed by atoms with Gasteiger partial charge in [0.1, 0.15) is 4.83 Å². The highest BCUT2D eigenvalue weighted by atomic mass is 32.2. The highest BCUT2D eigenvalue weighted by Crippen LogP contribution is 2.32. The minimum atomic E-state index is -0.310. The van der Waals surface area contributed by atoms with Gasteiger partial charge in [-0.2, -0.15) is 0 Å². The summed E-state index contributed by atoms with van der Waals surface area (Å²) in [6, 6.07) is 7.92. The summed E-state index contributed by atoms with van der Waals surface area (Å²) in [4.78, 5) is 35.7. The number of hydrogen-bond acceptors (Lipinski definition) is 5. The molecule has 1 unspecified atom stereocenters. The highest BCUT2D eigenvalue weighted by Gasteiger charge is 2.27. The highest BCUT2D eigenvalue weighted by molar-refractivity contribution is 8.00. The van der Waals surface area contributed by atoms with Crippen molar-refractivity contribution in [2.75, 3.05) is 13.1 Å². The number of thioether (sulfide) groups is 1. The second-order valence-electron chi connectivity index (χ2n) is 8.81. The number of piperidine rings is 1. The lowest BCUT2D eigenvalue weighted by Crippen LogP contribution is -2.42. The first kappa shape index (κ1) is 23.1. The smallest absolute Gasteiger partial charge is 0.267 e. The van der Waals surface area contributed by atoms with Crippen LogP contribution in [0.5, 0.6) is 0 Å². The van der Waals surface area contributed by atoms with Gasteiger partial charge in [0.15, 0.2) is 5.16 Å². The molecular weight excluding hydrogens is 438 g/mol. The van der Waals surface area contributed by atoms with Crippen molar-refractivity contribution in [1.82, 2.24) is 14.5 Å². The number of aromatic nitrogens is 2. The number of aryl methyl sites for hydroxylation is 3. The first-order chi connectivity index (χ1) is 15.3. The fraction of sp³-hybridized carbons (Fsp3) is 0.480. The van der Waals surface area contributed by atoms with E-state index >= 15 is 0 Å². The normalized spacial score (nSPS) is 16.0. The molecule has 32 heavy (non-hydrogen) atoms. The number of amides is 1. The summed E-state index contributed by atoms with van der Waals surface area (Å²) in [6.45, 7) is 11.9. The number of carbonyl (C=O) groups is 1. The van der Waals surface area contributed by atoms with E-state index in [1.807, 2.05) is 43.0 Å². The Labute approximate surface area is 197 Å². The van der Waals surface area contributed by atoms with Gasteiger partial charge in [0.25, 0.3) is 5.56 Å². The summed E-state index contributed by atoms with van der Waals surface area (Å²) >= 11 is 2.96. The van der Waals surface area contributed by atoms with Crippen LogP contribution in [0.3, 0.4) is 0 Å². The Balaban J connectivity index is 1.78. The zero-order valence-electron chi connectivity index (χ0n) is 19.5. The van der Waals surface area contributed by atoms with Crippen LogP contribution in [0.1, 0.15) is 49.6 Å². The molecule has 0 spiro atoms. The van der Waals surface area contributed by atoms with Crippen molar-refractivity contribution in [3.8, 4) is 5.69 Å². The molecule has 0 radical (unpaired) electrons. The van der Waals surface area contributed by atoms with Crippen LogP contribution in [-0.2, 0) is 11.2 Å². The zero-order valence-corrected chi connectivity index (χ0v) is 21.1. The monoisotopic (exact) mass is 469 g/mol. The Hall–Kier alpha value is -2.12. The number of thiophene rings is 1. The van der Waals surface area contributed by atoms with Crippen LogP contribution in [0.4, 0.5) is 0 Å². The van der Waals surface area contributed by atoms with E-state index in [1.165, 1.54) is 11.8 Å². The maximum absolute atomic E-state index is 13.8. The third-order valence-electron chi connectivity index (χ3n) is 6.33. The van der Waals surface area contributed by atoms with E-state index in [0.29, 0.717) is 16.5 Å². The Morgan fingerprint density at radius 3 is 2.66 bits per heavy atom. The number of rotatable bonds is 5. The lowest BCUT2D eigenvalue weighted by Gasteiger charge is -2.32. The molecule has 3 heterocycles. The standard InChI is InChI=1S/C25H31N3O2S2/c1-6-20-17(4)31-22-21(20)24(30)28(19-9-7-8-16(3)14-19)25(26-22)32-18(5)23(29)27-12-10-15(2)11-13-27/h7-9,14-15,18H,6,10-13H2,1-5H3. The van der Waals surface area contributed by atoms with Gasteiger partial charge in [-0.3, -0.25) is 14.2 Å². The molecule has 0 saturated carbocycles. The first-order valence-corrected chi connectivity index (χ1v) is 13.1. The van der Waals surface area contributed by atoms with Crippen molar-refractivity contribution < 1.29 is 4.79 Å². The molecule has 0 bridgehead atoms. The Kier molecular flexibility index (Phi) is 6.77. The van der Waals surface area contributed by atoms with Crippen molar-refractivity contribution in [3.63, 3.8) is 0 Å². The SMILES string of the molecule is CCc1c(C)sc2nc(SC(C)C(=O)N3CCC(C)CC3)n(-c3cccc(C)c3)c(=O)c12. The lowest BCUT2D eigenvalue weighted by molar-refractivity contribution is -0.131. The van der Waals surface area contributed by atoms with Crippen LogP contribution >= 0.6 is 23.1 Å². The van der Waals surface area contributed by atoms with Crippen LogP contribution < -0.4 is 5.56 Å². The summed E-state index contributed by atoms with van der Waals surface area (Å²) in [7, 11) is 0. The van der Waals surface area contributed by atoms with Crippen LogP contribution in [-0.4, -0.2) is 38.7 Å². The van der Waals surface area contributed by atoms with E-state index < -0.39 is 0 Å². The zero-order chi connectivity index (χ0) is 23.0. The predicted molar refractivity (Wildman–Crippen MR) is 134 cm³/mol. The largest absolute Gasteiger partial charge is 0.342 e. The predicted octanol–water partition coefficient (Wildman–Crippen LogP) is 5.37. The topological polar surface area (TPSA) is 55.2 Å². The second kappa shape index (κ2) is 9.40. The maximum atomic E-state index is 13.8. The molecule has 1 aromatic carbocycles. The Bertz CT molecular complexity index is 1210. The van der Waals surface area contributed by atoms with Crippen LogP contribution in [0, 0.1) is 19.8 Å². The lowest BCUT2D eigenvalue weighted by atomic mass is 9.99. The van der Waals surface area contributed by atoms with Crippen molar-refractivity contribution in [3.05, 3.63) is 50.6 Å². The number of hydrogen-bond donors (Lipinski definition) is 0. The van der Waals surface area contributed by atoms with Gasteiger partial charge in [0, 0.05) is 18.0 Å². The van der Waals surface area contributed by atoms with E-state index in [4.69, 9.17) is 4.98 Å². The fourth-order valence-corrected chi connectivity index (χ4v) is 6.56. The summed E-state index contributed by atoms with van der Waals surface area (Å²) in [5.41, 5.74) is 2.90. The molecule has 1 aliphatic heterocycles. The van der Waals surface area contributed by atoms with Gasteiger partial charge in [-0.05, 0) is 69.2 Å². The Morgan fingerprint density at radius 2 is 2.00 bits per heavy atom. The quantitative estimate of drug-likeness (QED) is 0.373. The molecule has 0 N–H and O–H groups in total. The van der Waals surface area contributed by atoms with Crippen LogP contribution in [0.25, 0.3) is 15.9 Å². The van der Waals surface area contributed by atoms with Gasteiger partial charge in [-0.25, -0.2) is 4.98 Å². The van der Waals surface area contributed by atoms with Gasteiger partial charge in [-0.1, -0.05) is 37.7 Å². The molecule has 1 saturated heterocycles. The minimum absolute atomic E-state index is 0.0456. The van der Waals surface area contributed by atoms with Gasteiger partial charge in [0.2, 0.25) is 5.91 Å². The van der Waals surface area contributed by atoms with E-state index in [2.05, 4.69) is 20.8 Å². The molecule has 1 fully saturated rings.